The number of alkyl halides is 9. The number of halogens is 10. The molecular weight excluding hydrogens is 678 g/mol. The first-order valence-electron chi connectivity index (χ1n) is 14.9. The molecule has 1 aliphatic heterocycles. The SMILES string of the molecule is COc1cc(F)c(OC(C)=O)cc1-c1ccc(C(F)(F)F)cc1C(C)C1CC[C@@H](C)[C@@H](c2cc(C(F)(F)F)cc(C(F)(F)F)c2)OC(=O)C1. The lowest BCUT2D eigenvalue weighted by Gasteiger charge is -2.33. The molecule has 0 saturated carbocycles. The third kappa shape index (κ3) is 8.66. The Balaban J connectivity index is 1.75. The molecule has 4 atom stereocenters. The lowest BCUT2D eigenvalue weighted by molar-refractivity contribution is -0.155. The summed E-state index contributed by atoms with van der Waals surface area (Å²) in [6.45, 7) is 4.05. The van der Waals surface area contributed by atoms with Gasteiger partial charge in [-0.15, -0.1) is 0 Å². The number of carbonyl (C=O) groups is 2. The molecule has 0 bridgehead atoms. The smallest absolute Gasteiger partial charge is 0.416 e. The van der Waals surface area contributed by atoms with Gasteiger partial charge in [0.25, 0.3) is 0 Å². The molecule has 2 unspecified atom stereocenters. The van der Waals surface area contributed by atoms with E-state index in [2.05, 4.69) is 0 Å². The van der Waals surface area contributed by atoms with Crippen molar-refractivity contribution in [3.05, 3.63) is 82.2 Å². The Morgan fingerprint density at radius 1 is 0.816 bits per heavy atom. The normalized spacial score (nSPS) is 19.8. The lowest BCUT2D eigenvalue weighted by atomic mass is 9.76. The van der Waals surface area contributed by atoms with E-state index in [0.29, 0.717) is 12.1 Å². The van der Waals surface area contributed by atoms with Crippen LogP contribution in [0.4, 0.5) is 43.9 Å². The summed E-state index contributed by atoms with van der Waals surface area (Å²) in [6, 6.07) is 5.75. The van der Waals surface area contributed by atoms with Crippen LogP contribution in [0, 0.1) is 17.7 Å². The van der Waals surface area contributed by atoms with Crippen LogP contribution in [0.2, 0.25) is 0 Å². The van der Waals surface area contributed by atoms with Gasteiger partial charge in [0, 0.05) is 25.0 Å². The second-order valence-electron chi connectivity index (χ2n) is 11.9. The molecule has 15 heteroatoms. The van der Waals surface area contributed by atoms with E-state index in [1.807, 2.05) is 0 Å². The van der Waals surface area contributed by atoms with Crippen molar-refractivity contribution in [2.24, 2.45) is 11.8 Å². The van der Waals surface area contributed by atoms with Gasteiger partial charge in [-0.1, -0.05) is 19.9 Å². The van der Waals surface area contributed by atoms with E-state index in [1.54, 1.807) is 6.92 Å². The topological polar surface area (TPSA) is 61.8 Å². The van der Waals surface area contributed by atoms with E-state index in [9.17, 15) is 53.5 Å². The van der Waals surface area contributed by atoms with Crippen LogP contribution in [0.1, 0.15) is 79.9 Å². The van der Waals surface area contributed by atoms with Gasteiger partial charge in [-0.2, -0.15) is 39.5 Å². The molecule has 0 amide bonds. The summed E-state index contributed by atoms with van der Waals surface area (Å²) in [7, 11) is 1.20. The monoisotopic (exact) mass is 708 g/mol. The summed E-state index contributed by atoms with van der Waals surface area (Å²) < 4.78 is 153. The fourth-order valence-electron chi connectivity index (χ4n) is 5.98. The number of methoxy groups -OCH3 is 1. The van der Waals surface area contributed by atoms with Crippen molar-refractivity contribution in [2.45, 2.75) is 70.6 Å². The number of esters is 2. The van der Waals surface area contributed by atoms with E-state index >= 15 is 0 Å². The second-order valence-corrected chi connectivity index (χ2v) is 11.9. The Labute approximate surface area is 274 Å². The molecule has 0 aromatic heterocycles. The van der Waals surface area contributed by atoms with E-state index in [0.717, 1.165) is 37.3 Å². The van der Waals surface area contributed by atoms with Crippen molar-refractivity contribution >= 4 is 11.9 Å². The number of carbonyl (C=O) groups excluding carboxylic acids is 2. The zero-order chi connectivity index (χ0) is 36.6. The molecule has 5 nitrogen and oxygen atoms in total. The standard InChI is InChI=1S/C34H30F10O5/c1-16-5-6-19(11-30(46)49-31(16)20-9-22(33(39,40)41)12-23(10-20)34(42,43)44)17(2)25-13-21(32(36,37)38)7-8-24(25)26-14-29(48-18(3)45)27(35)15-28(26)47-4/h7-10,12-17,19,31H,5-6,11H2,1-4H3/t16-,17?,19?,31+/m1/s1. The van der Waals surface area contributed by atoms with Crippen LogP contribution in [0.25, 0.3) is 11.1 Å². The Hall–Kier alpha value is -4.30. The van der Waals surface area contributed by atoms with Gasteiger partial charge < -0.3 is 14.2 Å². The maximum Gasteiger partial charge on any atom is 0.416 e. The number of rotatable bonds is 6. The highest BCUT2D eigenvalue weighted by molar-refractivity contribution is 5.78. The van der Waals surface area contributed by atoms with E-state index in [-0.39, 0.29) is 41.3 Å². The van der Waals surface area contributed by atoms with Crippen molar-refractivity contribution in [1.82, 2.24) is 0 Å². The van der Waals surface area contributed by atoms with Gasteiger partial charge in [0.05, 0.1) is 23.8 Å². The maximum atomic E-state index is 14.7. The van der Waals surface area contributed by atoms with Gasteiger partial charge >= 0.3 is 30.5 Å². The fraction of sp³-hybridized carbons (Fsp3) is 0.412. The molecule has 3 aromatic carbocycles. The molecule has 1 saturated heterocycles. The minimum Gasteiger partial charge on any atom is -0.496 e. The Bertz CT molecular complexity index is 1680. The van der Waals surface area contributed by atoms with Crippen LogP contribution < -0.4 is 9.47 Å². The molecule has 0 radical (unpaired) electrons. The Morgan fingerprint density at radius 3 is 1.94 bits per heavy atom. The van der Waals surface area contributed by atoms with Crippen molar-refractivity contribution in [3.8, 4) is 22.6 Å². The summed E-state index contributed by atoms with van der Waals surface area (Å²) in [6.07, 6.45) is -16.7. The first-order valence-corrected chi connectivity index (χ1v) is 14.9. The summed E-state index contributed by atoms with van der Waals surface area (Å²) in [4.78, 5) is 24.8. The summed E-state index contributed by atoms with van der Waals surface area (Å²) in [5.74, 6) is -5.80. The van der Waals surface area contributed by atoms with Gasteiger partial charge in [-0.3, -0.25) is 9.59 Å². The highest BCUT2D eigenvalue weighted by Crippen LogP contribution is 2.47. The number of ether oxygens (including phenoxy) is 3. The number of hydrogen-bond acceptors (Lipinski definition) is 5. The average molecular weight is 709 g/mol. The van der Waals surface area contributed by atoms with Crippen molar-refractivity contribution in [3.63, 3.8) is 0 Å². The molecular formula is C34H30F10O5. The molecule has 0 aliphatic carbocycles. The second kappa shape index (κ2) is 13.9. The zero-order valence-corrected chi connectivity index (χ0v) is 26.4. The highest BCUT2D eigenvalue weighted by atomic mass is 19.4. The van der Waals surface area contributed by atoms with Gasteiger partial charge in [-0.25, -0.2) is 4.39 Å². The quantitative estimate of drug-likeness (QED) is 0.145. The third-order valence-electron chi connectivity index (χ3n) is 8.51. The minimum atomic E-state index is -5.12. The first-order chi connectivity index (χ1) is 22.6. The fourth-order valence-corrected chi connectivity index (χ4v) is 5.98. The first kappa shape index (κ1) is 37.5. The predicted octanol–water partition coefficient (Wildman–Crippen LogP) is 10.3. The zero-order valence-electron chi connectivity index (χ0n) is 26.4. The Kier molecular flexibility index (Phi) is 10.6. The van der Waals surface area contributed by atoms with Gasteiger partial charge in [0.2, 0.25) is 0 Å². The molecule has 3 aromatic rings. The van der Waals surface area contributed by atoms with E-state index < -0.39 is 94.6 Å². The van der Waals surface area contributed by atoms with Crippen LogP contribution in [0.15, 0.2) is 48.5 Å². The molecule has 0 spiro atoms. The molecule has 1 heterocycles. The van der Waals surface area contributed by atoms with Crippen LogP contribution in [-0.2, 0) is 32.9 Å². The molecule has 266 valence electrons. The minimum absolute atomic E-state index is 0.0332. The number of hydrogen-bond donors (Lipinski definition) is 0. The van der Waals surface area contributed by atoms with Crippen LogP contribution in [0.3, 0.4) is 0 Å². The maximum absolute atomic E-state index is 14.7. The summed E-state index contributed by atoms with van der Waals surface area (Å²) in [5.41, 5.74) is -4.41. The van der Waals surface area contributed by atoms with Gasteiger partial charge in [0.15, 0.2) is 11.6 Å². The third-order valence-corrected chi connectivity index (χ3v) is 8.51. The summed E-state index contributed by atoms with van der Waals surface area (Å²) in [5, 5.41) is 0. The Morgan fingerprint density at radius 2 is 1.41 bits per heavy atom. The van der Waals surface area contributed by atoms with Crippen molar-refractivity contribution in [1.29, 1.82) is 0 Å². The van der Waals surface area contributed by atoms with Crippen molar-refractivity contribution < 1.29 is 67.7 Å². The average Bonchev–Trinajstić information content (AvgIpc) is 2.99. The van der Waals surface area contributed by atoms with Crippen LogP contribution in [-0.4, -0.2) is 19.0 Å². The van der Waals surface area contributed by atoms with Gasteiger partial charge in [-0.05, 0) is 83.7 Å². The molecule has 4 rings (SSSR count). The largest absolute Gasteiger partial charge is 0.496 e. The number of cyclic esters (lactones) is 1. The molecule has 49 heavy (non-hydrogen) atoms. The summed E-state index contributed by atoms with van der Waals surface area (Å²) >= 11 is 0. The molecule has 0 N–H and O–H groups in total. The van der Waals surface area contributed by atoms with Crippen LogP contribution >= 0.6 is 0 Å². The predicted molar refractivity (Wildman–Crippen MR) is 155 cm³/mol. The molecule has 1 fully saturated rings. The van der Waals surface area contributed by atoms with Crippen LogP contribution in [0.5, 0.6) is 11.5 Å². The number of benzene rings is 3. The van der Waals surface area contributed by atoms with Gasteiger partial charge in [0.1, 0.15) is 11.9 Å². The van der Waals surface area contributed by atoms with E-state index in [4.69, 9.17) is 14.2 Å². The van der Waals surface area contributed by atoms with Crippen molar-refractivity contribution in [2.75, 3.05) is 7.11 Å². The van der Waals surface area contributed by atoms with E-state index in [1.165, 1.54) is 14.0 Å². The lowest BCUT2D eigenvalue weighted by Crippen LogP contribution is -2.27. The molecule has 1 aliphatic rings. The highest BCUT2D eigenvalue weighted by Gasteiger charge is 2.40.